The minimum absolute atomic E-state index is 0.0472. The minimum Gasteiger partial charge on any atom is -0.379 e. The van der Waals surface area contributed by atoms with E-state index >= 15 is 0 Å². The molecule has 0 bridgehead atoms. The third kappa shape index (κ3) is 5.22. The summed E-state index contributed by atoms with van der Waals surface area (Å²) in [6.07, 6.45) is 0. The molecule has 11 heteroatoms. The topological polar surface area (TPSA) is 87.7 Å². The van der Waals surface area contributed by atoms with E-state index in [0.29, 0.717) is 24.6 Å². The molecule has 0 spiro atoms. The van der Waals surface area contributed by atoms with Crippen LogP contribution in [0.3, 0.4) is 0 Å². The number of nitrogens with one attached hydrogen (secondary N) is 2. The standard InChI is InChI=1S/C19H20Cl2FN3O4S/c1-12(19(26)24-13-3-5-17(22)16(21)10-13)23-14-2-4-15(20)18(11-14)30(27,28)25-6-8-29-9-7-25/h2-5,10-12,23H,6-9H2,1H3,(H,24,26)/t12-/m0/s1. The van der Waals surface area contributed by atoms with Gasteiger partial charge in [-0.3, -0.25) is 4.79 Å². The maximum atomic E-state index is 13.3. The first-order chi connectivity index (χ1) is 14.2. The lowest BCUT2D eigenvalue weighted by atomic mass is 10.2. The van der Waals surface area contributed by atoms with Crippen molar-refractivity contribution in [1.29, 1.82) is 0 Å². The molecule has 7 nitrogen and oxygen atoms in total. The molecular formula is C19H20Cl2FN3O4S. The van der Waals surface area contributed by atoms with Crippen molar-refractivity contribution >= 4 is 50.5 Å². The first kappa shape index (κ1) is 22.8. The largest absolute Gasteiger partial charge is 0.379 e. The number of nitrogens with zero attached hydrogens (tertiary/aromatic N) is 1. The molecule has 1 saturated heterocycles. The Hall–Kier alpha value is -1.91. The predicted molar refractivity (Wildman–Crippen MR) is 114 cm³/mol. The Morgan fingerprint density at radius 1 is 1.10 bits per heavy atom. The van der Waals surface area contributed by atoms with E-state index in [0.717, 1.165) is 6.07 Å². The summed E-state index contributed by atoms with van der Waals surface area (Å²) in [5, 5.41) is 5.54. The van der Waals surface area contributed by atoms with Crippen LogP contribution in [0.5, 0.6) is 0 Å². The molecule has 162 valence electrons. The molecule has 3 rings (SSSR count). The molecule has 0 unspecified atom stereocenters. The van der Waals surface area contributed by atoms with Crippen LogP contribution in [0, 0.1) is 5.82 Å². The van der Waals surface area contributed by atoms with Crippen molar-refractivity contribution in [1.82, 2.24) is 4.31 Å². The van der Waals surface area contributed by atoms with Crippen LogP contribution in [0.4, 0.5) is 15.8 Å². The molecular weight excluding hydrogens is 456 g/mol. The number of amides is 1. The van der Waals surface area contributed by atoms with Crippen molar-refractivity contribution < 1.29 is 22.3 Å². The maximum Gasteiger partial charge on any atom is 0.246 e. The Labute approximate surface area is 184 Å². The summed E-state index contributed by atoms with van der Waals surface area (Å²) in [7, 11) is -3.80. The summed E-state index contributed by atoms with van der Waals surface area (Å²) in [6.45, 7) is 2.73. The third-order valence-corrected chi connectivity index (χ3v) is 7.15. The van der Waals surface area contributed by atoms with E-state index in [9.17, 15) is 17.6 Å². The lowest BCUT2D eigenvalue weighted by Crippen LogP contribution is -2.40. The first-order valence-electron chi connectivity index (χ1n) is 9.08. The van der Waals surface area contributed by atoms with Gasteiger partial charge < -0.3 is 15.4 Å². The highest BCUT2D eigenvalue weighted by atomic mass is 35.5. The van der Waals surface area contributed by atoms with Crippen molar-refractivity contribution in [3.63, 3.8) is 0 Å². The van der Waals surface area contributed by atoms with E-state index in [1.54, 1.807) is 13.0 Å². The molecule has 2 aromatic carbocycles. The quantitative estimate of drug-likeness (QED) is 0.666. The van der Waals surface area contributed by atoms with Gasteiger partial charge in [0.1, 0.15) is 16.8 Å². The first-order valence-corrected chi connectivity index (χ1v) is 11.3. The van der Waals surface area contributed by atoms with E-state index in [2.05, 4.69) is 10.6 Å². The number of carbonyl (C=O) groups is 1. The third-order valence-electron chi connectivity index (χ3n) is 4.48. The Kier molecular flexibility index (Phi) is 7.20. The number of carbonyl (C=O) groups excluding carboxylic acids is 1. The Bertz CT molecular complexity index is 1050. The average Bonchev–Trinajstić information content (AvgIpc) is 2.72. The minimum atomic E-state index is -3.80. The van der Waals surface area contributed by atoms with Gasteiger partial charge in [0.2, 0.25) is 15.9 Å². The van der Waals surface area contributed by atoms with Crippen molar-refractivity contribution in [3.05, 3.63) is 52.3 Å². The van der Waals surface area contributed by atoms with Crippen LogP contribution in [0.25, 0.3) is 0 Å². The van der Waals surface area contributed by atoms with E-state index in [1.807, 2.05) is 0 Å². The summed E-state index contributed by atoms with van der Waals surface area (Å²) in [5.74, 6) is -0.999. The van der Waals surface area contributed by atoms with Crippen molar-refractivity contribution in [2.75, 3.05) is 36.9 Å². The lowest BCUT2D eigenvalue weighted by Gasteiger charge is -2.26. The Morgan fingerprint density at radius 2 is 1.77 bits per heavy atom. The molecule has 0 radical (unpaired) electrons. The lowest BCUT2D eigenvalue weighted by molar-refractivity contribution is -0.116. The average molecular weight is 476 g/mol. The molecule has 2 aromatic rings. The highest BCUT2D eigenvalue weighted by Gasteiger charge is 2.29. The van der Waals surface area contributed by atoms with Crippen LogP contribution in [0.2, 0.25) is 10.0 Å². The van der Waals surface area contributed by atoms with Gasteiger partial charge in [-0.15, -0.1) is 0 Å². The summed E-state index contributed by atoms with van der Waals surface area (Å²) >= 11 is 11.9. The normalized spacial score (nSPS) is 16.1. The van der Waals surface area contributed by atoms with E-state index in [4.69, 9.17) is 27.9 Å². The molecule has 1 heterocycles. The monoisotopic (exact) mass is 475 g/mol. The molecule has 2 N–H and O–H groups in total. The second-order valence-electron chi connectivity index (χ2n) is 6.65. The molecule has 1 fully saturated rings. The van der Waals surface area contributed by atoms with Crippen LogP contribution in [-0.2, 0) is 19.6 Å². The fraction of sp³-hybridized carbons (Fsp3) is 0.316. The summed E-state index contributed by atoms with van der Waals surface area (Å²) < 4.78 is 45.6. The molecule has 0 aromatic heterocycles. The number of benzene rings is 2. The van der Waals surface area contributed by atoms with Crippen molar-refractivity contribution in [3.8, 4) is 0 Å². The highest BCUT2D eigenvalue weighted by molar-refractivity contribution is 7.89. The number of sulfonamides is 1. The summed E-state index contributed by atoms with van der Waals surface area (Å²) in [5.41, 5.74) is 0.748. The summed E-state index contributed by atoms with van der Waals surface area (Å²) in [4.78, 5) is 12.4. The van der Waals surface area contributed by atoms with Crippen molar-refractivity contribution in [2.24, 2.45) is 0 Å². The van der Waals surface area contributed by atoms with Gasteiger partial charge in [0.15, 0.2) is 0 Å². The zero-order chi connectivity index (χ0) is 21.9. The fourth-order valence-electron chi connectivity index (χ4n) is 2.86. The number of anilines is 2. The van der Waals surface area contributed by atoms with Gasteiger partial charge in [-0.2, -0.15) is 4.31 Å². The van der Waals surface area contributed by atoms with Crippen LogP contribution >= 0.6 is 23.2 Å². The smallest absolute Gasteiger partial charge is 0.246 e. The second-order valence-corrected chi connectivity index (χ2v) is 9.37. The van der Waals surface area contributed by atoms with Gasteiger partial charge in [0.25, 0.3) is 0 Å². The van der Waals surface area contributed by atoms with Gasteiger partial charge in [-0.05, 0) is 43.3 Å². The molecule has 0 aliphatic carbocycles. The molecule has 30 heavy (non-hydrogen) atoms. The zero-order valence-corrected chi connectivity index (χ0v) is 18.3. The van der Waals surface area contributed by atoms with Gasteiger partial charge in [0, 0.05) is 24.5 Å². The Morgan fingerprint density at radius 3 is 2.43 bits per heavy atom. The van der Waals surface area contributed by atoms with E-state index in [-0.39, 0.29) is 28.0 Å². The van der Waals surface area contributed by atoms with Crippen LogP contribution in [-0.4, -0.2) is 51.0 Å². The fourth-order valence-corrected chi connectivity index (χ4v) is 4.95. The zero-order valence-electron chi connectivity index (χ0n) is 16.0. The molecule has 1 amide bonds. The number of rotatable bonds is 6. The van der Waals surface area contributed by atoms with Gasteiger partial charge in [-0.1, -0.05) is 23.2 Å². The van der Waals surface area contributed by atoms with Crippen LogP contribution < -0.4 is 10.6 Å². The highest BCUT2D eigenvalue weighted by Crippen LogP contribution is 2.28. The van der Waals surface area contributed by atoms with E-state index < -0.39 is 27.8 Å². The molecule has 1 aliphatic rings. The molecule has 0 saturated carbocycles. The van der Waals surface area contributed by atoms with Gasteiger partial charge in [-0.25, -0.2) is 12.8 Å². The number of hydrogen-bond acceptors (Lipinski definition) is 5. The Balaban J connectivity index is 1.74. The number of ether oxygens (including phenoxy) is 1. The number of halogens is 3. The second kappa shape index (κ2) is 9.49. The molecule has 1 atom stereocenters. The van der Waals surface area contributed by atoms with Gasteiger partial charge >= 0.3 is 0 Å². The molecule has 1 aliphatic heterocycles. The SMILES string of the molecule is C[C@H](Nc1ccc(Cl)c(S(=O)(=O)N2CCOCC2)c1)C(=O)Nc1ccc(F)c(Cl)c1. The predicted octanol–water partition coefficient (Wildman–Crippen LogP) is 3.59. The maximum absolute atomic E-state index is 13.3. The van der Waals surface area contributed by atoms with Crippen molar-refractivity contribution in [2.45, 2.75) is 17.9 Å². The number of hydrogen-bond donors (Lipinski definition) is 2. The number of morpholine rings is 1. The van der Waals surface area contributed by atoms with Crippen LogP contribution in [0.1, 0.15) is 6.92 Å². The summed E-state index contributed by atoms with van der Waals surface area (Å²) in [6, 6.07) is 7.55. The van der Waals surface area contributed by atoms with Gasteiger partial charge in [0.05, 0.1) is 23.3 Å². The van der Waals surface area contributed by atoms with E-state index in [1.165, 1.54) is 28.6 Å². The van der Waals surface area contributed by atoms with Crippen LogP contribution in [0.15, 0.2) is 41.3 Å².